The maximum Gasteiger partial charge on any atom is 0.326 e. The van der Waals surface area contributed by atoms with Crippen LogP contribution < -0.4 is 9.03 Å². The van der Waals surface area contributed by atoms with Gasteiger partial charge in [0.25, 0.3) is 5.91 Å². The summed E-state index contributed by atoms with van der Waals surface area (Å²) in [5.41, 5.74) is 1.63. The molecule has 2 N–H and O–H groups in total. The van der Waals surface area contributed by atoms with Gasteiger partial charge in [-0.3, -0.25) is 9.59 Å². The van der Waals surface area contributed by atoms with Gasteiger partial charge >= 0.3 is 16.2 Å². The zero-order valence-corrected chi connectivity index (χ0v) is 17.8. The highest BCUT2D eigenvalue weighted by atomic mass is 32.2. The van der Waals surface area contributed by atoms with E-state index in [1.807, 2.05) is 18.6 Å². The number of nitrogens with one attached hydrogen (secondary N) is 1. The number of phenolic OH excluding ortho intramolecular Hbond substituents is 1. The van der Waals surface area contributed by atoms with Crippen molar-refractivity contribution >= 4 is 27.8 Å². The molecule has 1 amide bonds. The summed E-state index contributed by atoms with van der Waals surface area (Å²) in [6.07, 6.45) is 5.15. The van der Waals surface area contributed by atoms with Crippen LogP contribution in [0.1, 0.15) is 50.7 Å². The van der Waals surface area contributed by atoms with E-state index in [4.69, 9.17) is 4.74 Å². The molecule has 0 spiro atoms. The quantitative estimate of drug-likeness (QED) is 0.676. The minimum absolute atomic E-state index is 0.134. The summed E-state index contributed by atoms with van der Waals surface area (Å²) in [7, 11) is -2.56. The van der Waals surface area contributed by atoms with Gasteiger partial charge in [0.1, 0.15) is 12.3 Å². The fraction of sp³-hybridized carbons (Fsp3) is 0.600. The predicted octanol–water partition coefficient (Wildman–Crippen LogP) is 2.05. The molecule has 1 aromatic rings. The molecule has 1 aromatic carbocycles. The number of esters is 1. The first-order valence-electron chi connectivity index (χ1n) is 9.80. The maximum absolute atomic E-state index is 12.1. The molecule has 160 valence electrons. The second kappa shape index (κ2) is 7.85. The van der Waals surface area contributed by atoms with Gasteiger partial charge in [-0.05, 0) is 68.7 Å². The minimum atomic E-state index is -3.96. The minimum Gasteiger partial charge on any atom is -0.506 e. The number of carbonyl (C=O) groups excluding carboxylic acids is 2. The molecule has 1 aliphatic carbocycles. The molecule has 1 aliphatic heterocycles. The molecule has 1 heterocycles. The molecule has 0 aromatic heterocycles. The molecule has 1 unspecified atom stereocenters. The molecular weight excluding hydrogens is 396 g/mol. The molecule has 1 saturated heterocycles. The summed E-state index contributed by atoms with van der Waals surface area (Å²) < 4.78 is 31.9. The van der Waals surface area contributed by atoms with Gasteiger partial charge in [-0.25, -0.2) is 9.03 Å². The van der Waals surface area contributed by atoms with E-state index >= 15 is 0 Å². The number of phenols is 1. The molecule has 8 nitrogen and oxygen atoms in total. The van der Waals surface area contributed by atoms with E-state index < -0.39 is 21.5 Å². The summed E-state index contributed by atoms with van der Waals surface area (Å²) >= 11 is 0. The van der Waals surface area contributed by atoms with Gasteiger partial charge in [-0.1, -0.05) is 12.8 Å². The molecule has 29 heavy (non-hydrogen) atoms. The Hall–Kier alpha value is -2.29. The highest BCUT2D eigenvalue weighted by Crippen LogP contribution is 2.38. The Morgan fingerprint density at radius 2 is 2.07 bits per heavy atom. The van der Waals surface area contributed by atoms with Crippen molar-refractivity contribution < 1.29 is 27.9 Å². The Morgan fingerprint density at radius 1 is 1.34 bits per heavy atom. The first-order valence-corrected chi connectivity index (χ1v) is 11.2. The smallest absolute Gasteiger partial charge is 0.326 e. The van der Waals surface area contributed by atoms with Crippen molar-refractivity contribution in [3.8, 4) is 5.75 Å². The van der Waals surface area contributed by atoms with Gasteiger partial charge in [0.05, 0.1) is 18.2 Å². The topological polar surface area (TPSA) is 113 Å². The lowest BCUT2D eigenvalue weighted by Crippen LogP contribution is -2.30. The highest BCUT2D eigenvalue weighted by molar-refractivity contribution is 7.92. The van der Waals surface area contributed by atoms with Gasteiger partial charge in [-0.2, -0.15) is 8.42 Å². The van der Waals surface area contributed by atoms with Gasteiger partial charge < -0.3 is 9.84 Å². The standard InChI is InChI=1S/C20H28N2O6S/c1-20(2,19(25)28-3)8-4-5-13-6-7-14-11-17(23)16(10-15(14)9-13)22-12-18(24)21-29(22,26)27/h10-11,13,23H,4-9,12H2,1-3H3,(H,21,24). The van der Waals surface area contributed by atoms with Gasteiger partial charge in [0, 0.05) is 0 Å². The Morgan fingerprint density at radius 3 is 2.69 bits per heavy atom. The van der Waals surface area contributed by atoms with Crippen LogP contribution in [0.15, 0.2) is 12.1 Å². The average Bonchev–Trinajstić information content (AvgIpc) is 2.92. The van der Waals surface area contributed by atoms with Crippen molar-refractivity contribution in [3.05, 3.63) is 23.3 Å². The number of nitrogens with zero attached hydrogens (tertiary/aromatic N) is 1. The summed E-state index contributed by atoms with van der Waals surface area (Å²) in [6, 6.07) is 3.30. The van der Waals surface area contributed by atoms with E-state index in [2.05, 4.69) is 0 Å². The van der Waals surface area contributed by atoms with Crippen molar-refractivity contribution in [3.63, 3.8) is 0 Å². The Labute approximate surface area is 171 Å². The van der Waals surface area contributed by atoms with Crippen LogP contribution in [0.3, 0.4) is 0 Å². The van der Waals surface area contributed by atoms with E-state index in [9.17, 15) is 23.1 Å². The third kappa shape index (κ3) is 4.49. The zero-order chi connectivity index (χ0) is 21.4. The van der Waals surface area contributed by atoms with Crippen molar-refractivity contribution in [2.24, 2.45) is 11.3 Å². The average molecular weight is 425 g/mol. The fourth-order valence-electron chi connectivity index (χ4n) is 4.18. The number of methoxy groups -OCH3 is 1. The van der Waals surface area contributed by atoms with Crippen molar-refractivity contribution in [1.82, 2.24) is 4.72 Å². The third-order valence-corrected chi connectivity index (χ3v) is 7.26. The van der Waals surface area contributed by atoms with Gasteiger partial charge in [0.2, 0.25) is 0 Å². The number of anilines is 1. The first kappa shape index (κ1) is 21.4. The summed E-state index contributed by atoms with van der Waals surface area (Å²) in [5, 5.41) is 10.3. The summed E-state index contributed by atoms with van der Waals surface area (Å²) in [6.45, 7) is 3.44. The lowest BCUT2D eigenvalue weighted by atomic mass is 9.79. The first-order chi connectivity index (χ1) is 13.5. The van der Waals surface area contributed by atoms with E-state index in [1.54, 1.807) is 12.1 Å². The Kier molecular flexibility index (Phi) is 5.80. The van der Waals surface area contributed by atoms with Crippen LogP contribution in [0.25, 0.3) is 0 Å². The highest BCUT2D eigenvalue weighted by Gasteiger charge is 2.36. The fourth-order valence-corrected chi connectivity index (χ4v) is 5.33. The number of amides is 1. The monoisotopic (exact) mass is 424 g/mol. The second-order valence-electron chi connectivity index (χ2n) is 8.52. The summed E-state index contributed by atoms with van der Waals surface area (Å²) in [5.74, 6) is -0.541. The van der Waals surface area contributed by atoms with Crippen LogP contribution in [0.4, 0.5) is 5.69 Å². The lowest BCUT2D eigenvalue weighted by Gasteiger charge is -2.28. The lowest BCUT2D eigenvalue weighted by molar-refractivity contribution is -0.151. The van der Waals surface area contributed by atoms with Crippen LogP contribution >= 0.6 is 0 Å². The van der Waals surface area contributed by atoms with Gasteiger partial charge in [0.15, 0.2) is 0 Å². The number of hydrogen-bond donors (Lipinski definition) is 2. The van der Waals surface area contributed by atoms with E-state index in [0.717, 1.165) is 54.0 Å². The molecule has 0 bridgehead atoms. The SMILES string of the molecule is COC(=O)C(C)(C)CCCC1CCc2cc(O)c(N3CC(=O)NS3(=O)=O)cc2C1. The molecule has 1 fully saturated rings. The number of rotatable bonds is 6. The second-order valence-corrected chi connectivity index (χ2v) is 10.1. The van der Waals surface area contributed by atoms with Crippen LogP contribution in [-0.2, 0) is 37.4 Å². The predicted molar refractivity (Wildman–Crippen MR) is 108 cm³/mol. The zero-order valence-electron chi connectivity index (χ0n) is 17.0. The summed E-state index contributed by atoms with van der Waals surface area (Å²) in [4.78, 5) is 23.3. The van der Waals surface area contributed by atoms with E-state index in [-0.39, 0.29) is 24.0 Å². The van der Waals surface area contributed by atoms with Crippen LogP contribution in [-0.4, -0.2) is 39.1 Å². The molecule has 3 rings (SSSR count). The number of aromatic hydroxyl groups is 1. The van der Waals surface area contributed by atoms with Crippen molar-refractivity contribution in [2.75, 3.05) is 18.0 Å². The number of benzene rings is 1. The van der Waals surface area contributed by atoms with E-state index in [0.29, 0.717) is 5.92 Å². The number of hydrogen-bond acceptors (Lipinski definition) is 6. The largest absolute Gasteiger partial charge is 0.506 e. The maximum atomic E-state index is 12.1. The molecular formula is C20H28N2O6S. The molecule has 2 aliphatic rings. The molecule has 0 radical (unpaired) electrons. The molecule has 9 heteroatoms. The Bertz CT molecular complexity index is 925. The van der Waals surface area contributed by atoms with Crippen LogP contribution in [0.2, 0.25) is 0 Å². The number of aryl methyl sites for hydroxylation is 1. The van der Waals surface area contributed by atoms with Crippen LogP contribution in [0.5, 0.6) is 5.75 Å². The Balaban J connectivity index is 1.70. The number of carbonyl (C=O) groups is 2. The van der Waals surface area contributed by atoms with Crippen LogP contribution in [0, 0.1) is 11.3 Å². The number of fused-ring (bicyclic) bond motifs is 1. The normalized spacial score (nSPS) is 20.9. The molecule has 1 atom stereocenters. The number of ether oxygens (including phenoxy) is 1. The third-order valence-electron chi connectivity index (χ3n) is 5.87. The van der Waals surface area contributed by atoms with E-state index in [1.165, 1.54) is 7.11 Å². The van der Waals surface area contributed by atoms with Crippen molar-refractivity contribution in [1.29, 1.82) is 0 Å². The molecule has 0 saturated carbocycles. The van der Waals surface area contributed by atoms with Gasteiger partial charge in [-0.15, -0.1) is 0 Å². The van der Waals surface area contributed by atoms with Crippen molar-refractivity contribution in [2.45, 2.75) is 52.4 Å².